The lowest BCUT2D eigenvalue weighted by molar-refractivity contribution is -0.144. The second-order valence-corrected chi connectivity index (χ2v) is 5.33. The third-order valence-electron chi connectivity index (χ3n) is 3.02. The quantitative estimate of drug-likeness (QED) is 0.810. The Morgan fingerprint density at radius 3 is 2.60 bits per heavy atom. The van der Waals surface area contributed by atoms with E-state index < -0.39 is 5.97 Å². The van der Waals surface area contributed by atoms with E-state index in [4.69, 9.17) is 5.11 Å². The first-order valence-electron chi connectivity index (χ1n) is 6.40. The van der Waals surface area contributed by atoms with Crippen molar-refractivity contribution in [3.05, 3.63) is 40.4 Å². The van der Waals surface area contributed by atoms with Crippen LogP contribution in [0, 0.1) is 0 Å². The summed E-state index contributed by atoms with van der Waals surface area (Å²) in [7, 11) is 0. The van der Waals surface area contributed by atoms with Crippen LogP contribution in [0.1, 0.15) is 25.8 Å². The highest BCUT2D eigenvalue weighted by molar-refractivity contribution is 9.10. The van der Waals surface area contributed by atoms with E-state index in [0.29, 0.717) is 6.42 Å². The maximum Gasteiger partial charge on any atom is 0.323 e. The van der Waals surface area contributed by atoms with Crippen LogP contribution in [0.25, 0.3) is 6.08 Å². The third-order valence-corrected chi connectivity index (χ3v) is 3.74. The summed E-state index contributed by atoms with van der Waals surface area (Å²) in [6.07, 6.45) is 3.81. The third kappa shape index (κ3) is 4.81. The van der Waals surface area contributed by atoms with Crippen molar-refractivity contribution in [2.45, 2.75) is 26.3 Å². The van der Waals surface area contributed by atoms with E-state index in [1.807, 2.05) is 38.1 Å². The van der Waals surface area contributed by atoms with Crippen molar-refractivity contribution < 1.29 is 14.7 Å². The van der Waals surface area contributed by atoms with Crippen molar-refractivity contribution in [3.8, 4) is 0 Å². The molecule has 0 saturated carbocycles. The van der Waals surface area contributed by atoms with Crippen LogP contribution in [0.5, 0.6) is 0 Å². The predicted octanol–water partition coefficient (Wildman–Crippen LogP) is 3.17. The van der Waals surface area contributed by atoms with E-state index in [0.717, 1.165) is 10.0 Å². The molecule has 0 aromatic heterocycles. The topological polar surface area (TPSA) is 57.6 Å². The number of halogens is 1. The molecule has 0 aliphatic heterocycles. The average molecular weight is 340 g/mol. The number of aliphatic carboxylic acids is 1. The smallest absolute Gasteiger partial charge is 0.323 e. The Morgan fingerprint density at radius 1 is 1.40 bits per heavy atom. The zero-order valence-electron chi connectivity index (χ0n) is 11.5. The molecule has 0 bridgehead atoms. The monoisotopic (exact) mass is 339 g/mol. The first-order valence-corrected chi connectivity index (χ1v) is 7.20. The Hall–Kier alpha value is -1.62. The fourth-order valence-corrected chi connectivity index (χ4v) is 2.10. The lowest BCUT2D eigenvalue weighted by atomic mass is 10.2. The lowest BCUT2D eigenvalue weighted by Gasteiger charge is -2.25. The molecular weight excluding hydrogens is 322 g/mol. The highest BCUT2D eigenvalue weighted by Crippen LogP contribution is 2.17. The Labute approximate surface area is 127 Å². The van der Waals surface area contributed by atoms with E-state index in [9.17, 15) is 9.59 Å². The molecule has 4 nitrogen and oxygen atoms in total. The zero-order chi connectivity index (χ0) is 15.1. The molecule has 0 fully saturated rings. The minimum absolute atomic E-state index is 0.109. The molecule has 0 aliphatic rings. The number of rotatable bonds is 6. The molecule has 20 heavy (non-hydrogen) atoms. The summed E-state index contributed by atoms with van der Waals surface area (Å²) < 4.78 is 0.886. The molecule has 1 rings (SSSR count). The van der Waals surface area contributed by atoms with Crippen molar-refractivity contribution in [3.63, 3.8) is 0 Å². The molecule has 1 unspecified atom stereocenters. The molecule has 0 heterocycles. The van der Waals surface area contributed by atoms with E-state index >= 15 is 0 Å². The molecule has 1 N–H and O–H groups in total. The van der Waals surface area contributed by atoms with E-state index in [-0.39, 0.29) is 18.5 Å². The number of benzene rings is 1. The van der Waals surface area contributed by atoms with Gasteiger partial charge >= 0.3 is 5.97 Å². The van der Waals surface area contributed by atoms with Gasteiger partial charge in [-0.15, -0.1) is 0 Å². The van der Waals surface area contributed by atoms with Gasteiger partial charge in [-0.2, -0.15) is 0 Å². The maximum absolute atomic E-state index is 12.1. The Morgan fingerprint density at radius 2 is 2.05 bits per heavy atom. The summed E-state index contributed by atoms with van der Waals surface area (Å²) in [5.41, 5.74) is 0.875. The van der Waals surface area contributed by atoms with Crippen LogP contribution in [0.15, 0.2) is 34.8 Å². The van der Waals surface area contributed by atoms with Gasteiger partial charge in [0.1, 0.15) is 6.54 Å². The number of carbonyl (C=O) groups is 2. The van der Waals surface area contributed by atoms with Crippen molar-refractivity contribution in [2.24, 2.45) is 0 Å². The normalized spacial score (nSPS) is 12.3. The predicted molar refractivity (Wildman–Crippen MR) is 82.3 cm³/mol. The molecule has 1 aromatic carbocycles. The molecule has 1 atom stereocenters. The summed E-state index contributed by atoms with van der Waals surface area (Å²) >= 11 is 3.40. The van der Waals surface area contributed by atoms with Crippen LogP contribution in [0.4, 0.5) is 0 Å². The van der Waals surface area contributed by atoms with E-state index in [1.165, 1.54) is 11.0 Å². The number of hydrogen-bond acceptors (Lipinski definition) is 2. The number of nitrogens with zero attached hydrogens (tertiary/aromatic N) is 1. The summed E-state index contributed by atoms with van der Waals surface area (Å²) in [4.78, 5) is 24.3. The van der Waals surface area contributed by atoms with Gasteiger partial charge in [-0.3, -0.25) is 9.59 Å². The zero-order valence-corrected chi connectivity index (χ0v) is 13.1. The largest absolute Gasteiger partial charge is 0.480 e. The summed E-state index contributed by atoms with van der Waals surface area (Å²) in [6, 6.07) is 7.41. The number of carbonyl (C=O) groups excluding carboxylic acids is 1. The molecular formula is C15H18BrNO3. The van der Waals surface area contributed by atoms with E-state index in [1.54, 1.807) is 6.08 Å². The standard InChI is InChI=1S/C15H18BrNO3/c1-3-11(2)17(10-15(19)20)14(18)9-8-12-6-4-5-7-13(12)16/h4-9,11H,3,10H2,1-2H3,(H,19,20)/b9-8+. The molecule has 1 amide bonds. The van der Waals surface area contributed by atoms with Crippen LogP contribution in [-0.4, -0.2) is 34.5 Å². The number of amides is 1. The first-order chi connectivity index (χ1) is 9.45. The second-order valence-electron chi connectivity index (χ2n) is 4.47. The highest BCUT2D eigenvalue weighted by atomic mass is 79.9. The number of hydrogen-bond donors (Lipinski definition) is 1. The summed E-state index contributed by atoms with van der Waals surface area (Å²) in [6.45, 7) is 3.48. The molecule has 0 radical (unpaired) electrons. The fraction of sp³-hybridized carbons (Fsp3) is 0.333. The van der Waals surface area contributed by atoms with Crippen LogP contribution >= 0.6 is 15.9 Å². The van der Waals surface area contributed by atoms with Crippen molar-refractivity contribution in [1.29, 1.82) is 0 Å². The number of carboxylic acids is 1. The Kier molecular flexibility index (Phi) is 6.45. The lowest BCUT2D eigenvalue weighted by Crippen LogP contribution is -2.40. The minimum atomic E-state index is -1.01. The SMILES string of the molecule is CCC(C)N(CC(=O)O)C(=O)/C=C/c1ccccc1Br. The van der Waals surface area contributed by atoms with Gasteiger partial charge in [0.25, 0.3) is 0 Å². The van der Waals surface area contributed by atoms with Gasteiger partial charge in [0, 0.05) is 16.6 Å². The van der Waals surface area contributed by atoms with Crippen LogP contribution in [0.3, 0.4) is 0 Å². The van der Waals surface area contributed by atoms with Gasteiger partial charge in [0.05, 0.1) is 0 Å². The minimum Gasteiger partial charge on any atom is -0.480 e. The first kappa shape index (κ1) is 16.4. The summed E-state index contributed by atoms with van der Waals surface area (Å²) in [5.74, 6) is -1.30. The second kappa shape index (κ2) is 7.85. The van der Waals surface area contributed by atoms with Gasteiger partial charge in [-0.1, -0.05) is 41.1 Å². The maximum atomic E-state index is 12.1. The van der Waals surface area contributed by atoms with Crippen molar-refractivity contribution >= 4 is 33.9 Å². The van der Waals surface area contributed by atoms with Gasteiger partial charge in [0.2, 0.25) is 5.91 Å². The van der Waals surface area contributed by atoms with Gasteiger partial charge < -0.3 is 10.0 Å². The molecule has 1 aromatic rings. The average Bonchev–Trinajstić information content (AvgIpc) is 2.42. The Bertz CT molecular complexity index is 514. The van der Waals surface area contributed by atoms with Crippen LogP contribution in [0.2, 0.25) is 0 Å². The summed E-state index contributed by atoms with van der Waals surface area (Å²) in [5, 5.41) is 8.88. The van der Waals surface area contributed by atoms with Crippen molar-refractivity contribution in [1.82, 2.24) is 4.90 Å². The Balaban J connectivity index is 2.85. The molecule has 108 valence electrons. The van der Waals surface area contributed by atoms with Gasteiger partial charge in [-0.05, 0) is 31.1 Å². The molecule has 0 spiro atoms. The van der Waals surface area contributed by atoms with Gasteiger partial charge in [0.15, 0.2) is 0 Å². The van der Waals surface area contributed by atoms with E-state index in [2.05, 4.69) is 15.9 Å². The van der Waals surface area contributed by atoms with Crippen LogP contribution in [-0.2, 0) is 9.59 Å². The van der Waals surface area contributed by atoms with Crippen molar-refractivity contribution in [2.75, 3.05) is 6.54 Å². The van der Waals surface area contributed by atoms with Gasteiger partial charge in [-0.25, -0.2) is 0 Å². The fourth-order valence-electron chi connectivity index (χ4n) is 1.68. The molecule has 0 aliphatic carbocycles. The number of carboxylic acid groups (broad SMARTS) is 1. The molecule has 5 heteroatoms. The highest BCUT2D eigenvalue weighted by Gasteiger charge is 2.19. The van der Waals surface area contributed by atoms with Crippen LogP contribution < -0.4 is 0 Å². The molecule has 0 saturated heterocycles.